The Labute approximate surface area is 172 Å². The molecular formula is C24H28N4O. The van der Waals surface area contributed by atoms with Crippen molar-refractivity contribution in [3.63, 3.8) is 0 Å². The van der Waals surface area contributed by atoms with Crippen molar-refractivity contribution in [3.8, 4) is 11.3 Å². The number of aliphatic hydroxyl groups is 1. The average molecular weight is 389 g/mol. The van der Waals surface area contributed by atoms with Crippen molar-refractivity contribution in [1.82, 2.24) is 14.9 Å². The number of nitrogens with zero attached hydrogens (tertiary/aromatic N) is 4. The molecule has 0 aliphatic carbocycles. The van der Waals surface area contributed by atoms with Gasteiger partial charge < -0.3 is 14.9 Å². The number of piperidine rings is 1. The van der Waals surface area contributed by atoms with E-state index < -0.39 is 0 Å². The number of hydrogen-bond acceptors (Lipinski definition) is 5. The lowest BCUT2D eigenvalue weighted by molar-refractivity contribution is 0.0637. The van der Waals surface area contributed by atoms with Gasteiger partial charge in [0.25, 0.3) is 0 Å². The molecule has 29 heavy (non-hydrogen) atoms. The van der Waals surface area contributed by atoms with Crippen LogP contribution in [-0.4, -0.2) is 58.8 Å². The first-order valence-corrected chi connectivity index (χ1v) is 10.7. The molecule has 2 aliphatic rings. The van der Waals surface area contributed by atoms with Gasteiger partial charge in [-0.2, -0.15) is 0 Å². The second kappa shape index (κ2) is 8.09. The molecule has 1 unspecified atom stereocenters. The summed E-state index contributed by atoms with van der Waals surface area (Å²) < 4.78 is 0. The molecule has 2 atom stereocenters. The molecule has 3 heterocycles. The minimum absolute atomic E-state index is 0.150. The van der Waals surface area contributed by atoms with E-state index in [9.17, 15) is 5.11 Å². The maximum Gasteiger partial charge on any atom is 0.225 e. The van der Waals surface area contributed by atoms with Gasteiger partial charge in [0.2, 0.25) is 5.95 Å². The fourth-order valence-electron chi connectivity index (χ4n) is 4.74. The Morgan fingerprint density at radius 1 is 0.966 bits per heavy atom. The van der Waals surface area contributed by atoms with E-state index in [1.807, 2.05) is 12.3 Å². The highest BCUT2D eigenvalue weighted by Gasteiger charge is 2.28. The Morgan fingerprint density at radius 2 is 1.86 bits per heavy atom. The third-order valence-corrected chi connectivity index (χ3v) is 6.25. The molecule has 150 valence electrons. The molecule has 0 radical (unpaired) electrons. The molecule has 1 aromatic heterocycles. The third-order valence-electron chi connectivity index (χ3n) is 6.25. The second-order valence-corrected chi connectivity index (χ2v) is 8.46. The normalized spacial score (nSPS) is 23.0. The molecule has 2 saturated heterocycles. The lowest BCUT2D eigenvalue weighted by atomic mass is 10.0. The molecular weight excluding hydrogens is 360 g/mol. The molecule has 0 saturated carbocycles. The number of hydrogen-bond donors (Lipinski definition) is 1. The minimum Gasteiger partial charge on any atom is -0.392 e. The van der Waals surface area contributed by atoms with E-state index in [-0.39, 0.29) is 6.10 Å². The number of aliphatic hydroxyl groups excluding tert-OH is 1. The smallest absolute Gasteiger partial charge is 0.225 e. The Bertz CT molecular complexity index is 991. The summed E-state index contributed by atoms with van der Waals surface area (Å²) in [5.74, 6) is 1.45. The number of anilines is 1. The SMILES string of the molecule is O[C@@H]1CCCN(CC2CCN(c3nccc(-c4ccc5ccccc5c4)n3)C2)C1. The maximum atomic E-state index is 9.92. The minimum atomic E-state index is -0.150. The zero-order valence-corrected chi connectivity index (χ0v) is 16.7. The fourth-order valence-corrected chi connectivity index (χ4v) is 4.74. The number of benzene rings is 2. The summed E-state index contributed by atoms with van der Waals surface area (Å²) in [4.78, 5) is 14.2. The molecule has 2 aromatic carbocycles. The quantitative estimate of drug-likeness (QED) is 0.740. The summed E-state index contributed by atoms with van der Waals surface area (Å²) in [5, 5.41) is 12.4. The van der Waals surface area contributed by atoms with E-state index in [0.29, 0.717) is 5.92 Å². The topological polar surface area (TPSA) is 52.5 Å². The van der Waals surface area contributed by atoms with Crippen LogP contribution in [0.2, 0.25) is 0 Å². The van der Waals surface area contributed by atoms with Crippen molar-refractivity contribution in [2.45, 2.75) is 25.4 Å². The fraction of sp³-hybridized carbons (Fsp3) is 0.417. The monoisotopic (exact) mass is 388 g/mol. The van der Waals surface area contributed by atoms with Crippen LogP contribution in [-0.2, 0) is 0 Å². The predicted octanol–water partition coefficient (Wildman–Crippen LogP) is 3.58. The van der Waals surface area contributed by atoms with Gasteiger partial charge in [-0.3, -0.25) is 0 Å². The largest absolute Gasteiger partial charge is 0.392 e. The number of fused-ring (bicyclic) bond motifs is 1. The van der Waals surface area contributed by atoms with Gasteiger partial charge in [-0.15, -0.1) is 0 Å². The Hall–Kier alpha value is -2.50. The lowest BCUT2D eigenvalue weighted by Crippen LogP contribution is -2.41. The van der Waals surface area contributed by atoms with Crippen molar-refractivity contribution < 1.29 is 5.11 Å². The Balaban J connectivity index is 1.29. The van der Waals surface area contributed by atoms with E-state index in [2.05, 4.69) is 57.2 Å². The van der Waals surface area contributed by atoms with Gasteiger partial charge in [0.15, 0.2) is 0 Å². The molecule has 3 aromatic rings. The van der Waals surface area contributed by atoms with Crippen molar-refractivity contribution in [2.75, 3.05) is 37.6 Å². The summed E-state index contributed by atoms with van der Waals surface area (Å²) in [5.41, 5.74) is 2.11. The molecule has 0 amide bonds. The van der Waals surface area contributed by atoms with Crippen LogP contribution < -0.4 is 4.90 Å². The zero-order chi connectivity index (χ0) is 19.6. The molecule has 5 nitrogen and oxygen atoms in total. The molecule has 0 bridgehead atoms. The summed E-state index contributed by atoms with van der Waals surface area (Å²) in [6, 6.07) is 16.9. The van der Waals surface area contributed by atoms with E-state index in [1.165, 1.54) is 10.8 Å². The zero-order valence-electron chi connectivity index (χ0n) is 16.7. The van der Waals surface area contributed by atoms with Crippen molar-refractivity contribution in [1.29, 1.82) is 0 Å². The highest BCUT2D eigenvalue weighted by atomic mass is 16.3. The van der Waals surface area contributed by atoms with E-state index in [1.54, 1.807) is 0 Å². The third kappa shape index (κ3) is 4.11. The van der Waals surface area contributed by atoms with E-state index in [4.69, 9.17) is 4.98 Å². The highest BCUT2D eigenvalue weighted by Crippen LogP contribution is 2.27. The van der Waals surface area contributed by atoms with Crippen LogP contribution in [0, 0.1) is 5.92 Å². The molecule has 2 fully saturated rings. The summed E-state index contributed by atoms with van der Waals surface area (Å²) >= 11 is 0. The van der Waals surface area contributed by atoms with Crippen molar-refractivity contribution >= 4 is 16.7 Å². The number of rotatable bonds is 4. The predicted molar refractivity (Wildman–Crippen MR) is 117 cm³/mol. The molecule has 1 N–H and O–H groups in total. The van der Waals surface area contributed by atoms with Gasteiger partial charge in [-0.1, -0.05) is 36.4 Å². The van der Waals surface area contributed by atoms with Gasteiger partial charge in [0, 0.05) is 37.9 Å². The Kier molecular flexibility index (Phi) is 5.17. The van der Waals surface area contributed by atoms with Crippen LogP contribution in [0.1, 0.15) is 19.3 Å². The van der Waals surface area contributed by atoms with Crippen LogP contribution in [0.5, 0.6) is 0 Å². The van der Waals surface area contributed by atoms with Gasteiger partial charge in [-0.25, -0.2) is 9.97 Å². The van der Waals surface area contributed by atoms with Gasteiger partial charge in [0.1, 0.15) is 0 Å². The average Bonchev–Trinajstić information content (AvgIpc) is 3.22. The maximum absolute atomic E-state index is 9.92. The number of likely N-dealkylation sites (tertiary alicyclic amines) is 1. The summed E-state index contributed by atoms with van der Waals surface area (Å²) in [6.45, 7) is 5.00. The standard InChI is InChI=1S/C24H28N4O/c29-22-6-3-12-27(17-22)15-18-10-13-28(16-18)24-25-11-9-23(26-24)21-8-7-19-4-1-2-5-20(19)14-21/h1-2,4-5,7-9,11,14,18,22,29H,3,6,10,12-13,15-17H2/t18?,22-/m1/s1. The second-order valence-electron chi connectivity index (χ2n) is 8.46. The van der Waals surface area contributed by atoms with E-state index >= 15 is 0 Å². The van der Waals surface area contributed by atoms with Crippen LogP contribution in [0.3, 0.4) is 0 Å². The van der Waals surface area contributed by atoms with Crippen molar-refractivity contribution in [3.05, 3.63) is 54.7 Å². The number of aromatic nitrogens is 2. The van der Waals surface area contributed by atoms with Crippen LogP contribution in [0.15, 0.2) is 54.7 Å². The van der Waals surface area contributed by atoms with Gasteiger partial charge in [-0.05, 0) is 54.6 Å². The molecule has 5 rings (SSSR count). The highest BCUT2D eigenvalue weighted by molar-refractivity contribution is 5.86. The van der Waals surface area contributed by atoms with Crippen LogP contribution in [0.25, 0.3) is 22.0 Å². The Morgan fingerprint density at radius 3 is 2.76 bits per heavy atom. The summed E-state index contributed by atoms with van der Waals surface area (Å²) in [7, 11) is 0. The first kappa shape index (κ1) is 18.5. The molecule has 2 aliphatic heterocycles. The van der Waals surface area contributed by atoms with Gasteiger partial charge >= 0.3 is 0 Å². The van der Waals surface area contributed by atoms with Crippen molar-refractivity contribution in [2.24, 2.45) is 5.92 Å². The first-order valence-electron chi connectivity index (χ1n) is 10.7. The van der Waals surface area contributed by atoms with E-state index in [0.717, 1.165) is 69.2 Å². The lowest BCUT2D eigenvalue weighted by Gasteiger charge is -2.31. The molecule has 0 spiro atoms. The first-order chi connectivity index (χ1) is 14.2. The van der Waals surface area contributed by atoms with Crippen LogP contribution >= 0.6 is 0 Å². The summed E-state index contributed by atoms with van der Waals surface area (Å²) in [6.07, 6.45) is 4.94. The number of β-amino-alcohol motifs (C(OH)–C–C–N with tert-alkyl or cyclic N) is 1. The molecule has 5 heteroatoms. The van der Waals surface area contributed by atoms with Crippen LogP contribution in [0.4, 0.5) is 5.95 Å². The van der Waals surface area contributed by atoms with Gasteiger partial charge in [0.05, 0.1) is 11.8 Å².